The normalized spacial score (nSPS) is 22.0. The van der Waals surface area contributed by atoms with Gasteiger partial charge in [0, 0.05) is 19.0 Å². The number of fused-ring (bicyclic) bond motifs is 1. The van der Waals surface area contributed by atoms with E-state index in [4.69, 9.17) is 32.7 Å². The lowest BCUT2D eigenvalue weighted by Gasteiger charge is -2.27. The SMILES string of the molecule is COC(=O)C1C(=O)c2sc(N3CCOCC3)cc2C1c1ccc(Cl)c(Cl)c1. The minimum Gasteiger partial charge on any atom is -0.468 e. The molecule has 1 aliphatic heterocycles. The maximum Gasteiger partial charge on any atom is 0.317 e. The molecule has 1 aliphatic carbocycles. The lowest BCUT2D eigenvalue weighted by atomic mass is 9.86. The smallest absolute Gasteiger partial charge is 0.317 e. The number of benzene rings is 1. The number of rotatable bonds is 3. The first kappa shape index (κ1) is 18.7. The van der Waals surface area contributed by atoms with Crippen molar-refractivity contribution in [2.75, 3.05) is 38.3 Å². The predicted molar refractivity (Wildman–Crippen MR) is 105 cm³/mol. The van der Waals surface area contributed by atoms with Gasteiger partial charge in [0.15, 0.2) is 5.78 Å². The molecule has 1 aromatic carbocycles. The summed E-state index contributed by atoms with van der Waals surface area (Å²) in [4.78, 5) is 28.2. The molecule has 8 heteroatoms. The number of esters is 1. The van der Waals surface area contributed by atoms with Crippen LogP contribution in [0.5, 0.6) is 0 Å². The van der Waals surface area contributed by atoms with Gasteiger partial charge in [-0.3, -0.25) is 9.59 Å². The molecular weight excluding hydrogens is 409 g/mol. The molecule has 2 unspecified atom stereocenters. The number of morpholine rings is 1. The van der Waals surface area contributed by atoms with E-state index in [0.29, 0.717) is 28.1 Å². The number of hydrogen-bond donors (Lipinski definition) is 0. The molecule has 142 valence electrons. The van der Waals surface area contributed by atoms with Crippen molar-refractivity contribution in [3.8, 4) is 0 Å². The molecule has 0 bridgehead atoms. The zero-order valence-corrected chi connectivity index (χ0v) is 16.9. The van der Waals surface area contributed by atoms with E-state index in [-0.39, 0.29) is 5.78 Å². The maximum absolute atomic E-state index is 13.0. The molecule has 1 saturated heterocycles. The van der Waals surface area contributed by atoms with Crippen LogP contribution < -0.4 is 4.90 Å². The van der Waals surface area contributed by atoms with Crippen molar-refractivity contribution in [1.82, 2.24) is 0 Å². The number of ether oxygens (including phenoxy) is 2. The Balaban J connectivity index is 1.79. The van der Waals surface area contributed by atoms with E-state index in [9.17, 15) is 9.59 Å². The van der Waals surface area contributed by atoms with Crippen LogP contribution in [-0.2, 0) is 14.3 Å². The molecule has 1 fully saturated rings. The first-order valence-electron chi connectivity index (χ1n) is 8.54. The molecule has 2 aliphatic rings. The summed E-state index contributed by atoms with van der Waals surface area (Å²) >= 11 is 13.7. The van der Waals surface area contributed by atoms with E-state index in [1.807, 2.05) is 12.1 Å². The summed E-state index contributed by atoms with van der Waals surface area (Å²) in [6.07, 6.45) is 0. The summed E-state index contributed by atoms with van der Waals surface area (Å²) in [5.74, 6) is -2.06. The summed E-state index contributed by atoms with van der Waals surface area (Å²) in [6.45, 7) is 2.89. The van der Waals surface area contributed by atoms with Crippen molar-refractivity contribution in [2.24, 2.45) is 5.92 Å². The molecule has 0 amide bonds. The number of hydrogen-bond acceptors (Lipinski definition) is 6. The number of thiophene rings is 1. The van der Waals surface area contributed by atoms with E-state index < -0.39 is 17.8 Å². The Kier molecular flexibility index (Phi) is 5.16. The number of ketones is 1. The van der Waals surface area contributed by atoms with E-state index in [2.05, 4.69) is 4.90 Å². The molecule has 4 rings (SSSR count). The van der Waals surface area contributed by atoms with Gasteiger partial charge < -0.3 is 14.4 Å². The molecule has 1 aromatic heterocycles. The third-order valence-electron chi connectivity index (χ3n) is 5.00. The number of nitrogens with zero attached hydrogens (tertiary/aromatic N) is 1. The second-order valence-electron chi connectivity index (χ2n) is 6.48. The van der Waals surface area contributed by atoms with Crippen LogP contribution >= 0.6 is 34.5 Å². The van der Waals surface area contributed by atoms with Gasteiger partial charge in [-0.15, -0.1) is 11.3 Å². The van der Waals surface area contributed by atoms with Crippen molar-refractivity contribution in [2.45, 2.75) is 5.92 Å². The molecule has 0 spiro atoms. The van der Waals surface area contributed by atoms with E-state index in [1.54, 1.807) is 12.1 Å². The third kappa shape index (κ3) is 3.25. The number of Topliss-reactive ketones (excluding diaryl/α,β-unsaturated/α-hetero) is 1. The lowest BCUT2D eigenvalue weighted by molar-refractivity contribution is -0.143. The molecule has 2 heterocycles. The Bertz CT molecular complexity index is 907. The van der Waals surface area contributed by atoms with Gasteiger partial charge in [-0.25, -0.2) is 0 Å². The first-order valence-corrected chi connectivity index (χ1v) is 10.1. The monoisotopic (exact) mass is 425 g/mol. The first-order chi connectivity index (χ1) is 13.0. The number of carbonyl (C=O) groups excluding carboxylic acids is 2. The zero-order chi connectivity index (χ0) is 19.1. The Morgan fingerprint density at radius 1 is 1.22 bits per heavy atom. The highest BCUT2D eigenvalue weighted by Crippen LogP contribution is 2.49. The highest BCUT2D eigenvalue weighted by Gasteiger charge is 2.47. The van der Waals surface area contributed by atoms with Crippen molar-refractivity contribution >= 4 is 51.3 Å². The highest BCUT2D eigenvalue weighted by molar-refractivity contribution is 7.18. The quantitative estimate of drug-likeness (QED) is 0.549. The summed E-state index contributed by atoms with van der Waals surface area (Å²) in [5, 5.41) is 1.84. The standard InChI is InChI=1S/C19H17Cl2NO4S/c1-25-19(24)16-15(10-2-3-12(20)13(21)8-10)11-9-14(27-18(11)17(16)23)22-4-6-26-7-5-22/h2-3,8-9,15-16H,4-7H2,1H3. The molecule has 2 aromatic rings. The molecule has 0 saturated carbocycles. The van der Waals surface area contributed by atoms with E-state index >= 15 is 0 Å². The summed E-state index contributed by atoms with van der Waals surface area (Å²) in [6, 6.07) is 7.23. The molecular formula is C19H17Cl2NO4S. The van der Waals surface area contributed by atoms with Crippen LogP contribution in [0.1, 0.15) is 26.7 Å². The van der Waals surface area contributed by atoms with E-state index in [1.165, 1.54) is 18.4 Å². The van der Waals surface area contributed by atoms with Crippen LogP contribution in [-0.4, -0.2) is 45.2 Å². The molecule has 2 atom stereocenters. The highest BCUT2D eigenvalue weighted by atomic mass is 35.5. The summed E-state index contributed by atoms with van der Waals surface area (Å²) in [5.41, 5.74) is 1.62. The second kappa shape index (κ2) is 7.43. The number of methoxy groups -OCH3 is 1. The minimum absolute atomic E-state index is 0.197. The summed E-state index contributed by atoms with van der Waals surface area (Å²) < 4.78 is 10.3. The number of carbonyl (C=O) groups is 2. The van der Waals surface area contributed by atoms with Gasteiger partial charge >= 0.3 is 5.97 Å². The van der Waals surface area contributed by atoms with Crippen LogP contribution in [0.15, 0.2) is 24.3 Å². The van der Waals surface area contributed by atoms with Gasteiger partial charge in [-0.05, 0) is 29.3 Å². The molecule has 27 heavy (non-hydrogen) atoms. The van der Waals surface area contributed by atoms with E-state index in [0.717, 1.165) is 29.2 Å². The Hall–Kier alpha value is -1.60. The molecule has 0 N–H and O–H groups in total. The maximum atomic E-state index is 13.0. The third-order valence-corrected chi connectivity index (χ3v) is 6.97. The van der Waals surface area contributed by atoms with Crippen LogP contribution in [0.3, 0.4) is 0 Å². The number of halogens is 2. The fourth-order valence-electron chi connectivity index (χ4n) is 3.67. The Morgan fingerprint density at radius 2 is 1.96 bits per heavy atom. The van der Waals surface area contributed by atoms with Crippen LogP contribution in [0.2, 0.25) is 10.0 Å². The van der Waals surface area contributed by atoms with Crippen molar-refractivity contribution in [3.63, 3.8) is 0 Å². The van der Waals surface area contributed by atoms with Crippen LogP contribution in [0.25, 0.3) is 0 Å². The van der Waals surface area contributed by atoms with Crippen molar-refractivity contribution in [1.29, 1.82) is 0 Å². The van der Waals surface area contributed by atoms with Crippen molar-refractivity contribution < 1.29 is 19.1 Å². The van der Waals surface area contributed by atoms with Gasteiger partial charge in [0.05, 0.1) is 40.2 Å². The second-order valence-corrected chi connectivity index (χ2v) is 8.33. The van der Waals surface area contributed by atoms with Gasteiger partial charge in [0.2, 0.25) is 0 Å². The summed E-state index contributed by atoms with van der Waals surface area (Å²) in [7, 11) is 1.30. The average molecular weight is 426 g/mol. The van der Waals surface area contributed by atoms with Gasteiger partial charge in [-0.2, -0.15) is 0 Å². The largest absolute Gasteiger partial charge is 0.468 e. The topological polar surface area (TPSA) is 55.8 Å². The average Bonchev–Trinajstić information content (AvgIpc) is 3.23. The Morgan fingerprint density at radius 3 is 2.63 bits per heavy atom. The van der Waals surface area contributed by atoms with Gasteiger partial charge in [0.1, 0.15) is 5.92 Å². The zero-order valence-electron chi connectivity index (χ0n) is 14.5. The Labute approximate surface area is 170 Å². The number of anilines is 1. The fraction of sp³-hybridized carbons (Fsp3) is 0.368. The van der Waals surface area contributed by atoms with Crippen LogP contribution in [0, 0.1) is 5.92 Å². The molecule has 5 nitrogen and oxygen atoms in total. The van der Waals surface area contributed by atoms with Crippen LogP contribution in [0.4, 0.5) is 5.00 Å². The van der Waals surface area contributed by atoms with Gasteiger partial charge in [0.25, 0.3) is 0 Å². The fourth-order valence-corrected chi connectivity index (χ4v) is 5.22. The van der Waals surface area contributed by atoms with Gasteiger partial charge in [-0.1, -0.05) is 29.3 Å². The van der Waals surface area contributed by atoms with Crippen molar-refractivity contribution in [3.05, 3.63) is 50.3 Å². The molecule has 0 radical (unpaired) electrons. The predicted octanol–water partition coefficient (Wildman–Crippen LogP) is 4.01. The minimum atomic E-state index is -0.896. The lowest BCUT2D eigenvalue weighted by Crippen LogP contribution is -2.35.